The normalized spacial score (nSPS) is 11.9. The molecule has 1 aliphatic heterocycles. The quantitative estimate of drug-likeness (QED) is 0.660. The molecule has 2 N–H and O–H groups in total. The summed E-state index contributed by atoms with van der Waals surface area (Å²) in [5.41, 5.74) is 2.64. The Hall–Kier alpha value is -3.61. The maximum Gasteiger partial charge on any atom is 0.254 e. The zero-order chi connectivity index (χ0) is 19.2. The summed E-state index contributed by atoms with van der Waals surface area (Å²) in [5, 5.41) is 6.02. The second kappa shape index (κ2) is 8.39. The van der Waals surface area contributed by atoms with Gasteiger partial charge in [-0.25, -0.2) is 9.97 Å². The topological polar surface area (TPSA) is 85.4 Å². The van der Waals surface area contributed by atoms with Crippen molar-refractivity contribution in [1.29, 1.82) is 0 Å². The molecule has 1 amide bonds. The van der Waals surface area contributed by atoms with Crippen molar-refractivity contribution in [3.8, 4) is 11.5 Å². The van der Waals surface area contributed by atoms with Crippen molar-refractivity contribution < 1.29 is 14.3 Å². The van der Waals surface area contributed by atoms with Gasteiger partial charge in [0, 0.05) is 25.5 Å². The average Bonchev–Trinajstić information content (AvgIpc) is 3.21. The van der Waals surface area contributed by atoms with E-state index in [-0.39, 0.29) is 12.7 Å². The Morgan fingerprint density at radius 3 is 2.57 bits per heavy atom. The largest absolute Gasteiger partial charge is 0.454 e. The van der Waals surface area contributed by atoms with Crippen LogP contribution in [0.2, 0.25) is 0 Å². The molecule has 0 unspecified atom stereocenters. The summed E-state index contributed by atoms with van der Waals surface area (Å²) < 4.78 is 10.7. The number of rotatable bonds is 7. The number of carbonyl (C=O) groups is 1. The minimum absolute atomic E-state index is 0.182. The molecule has 2 aromatic carbocycles. The Kier molecular flexibility index (Phi) is 5.33. The molecule has 0 radical (unpaired) electrons. The van der Waals surface area contributed by atoms with E-state index in [0.29, 0.717) is 24.6 Å². The number of ether oxygens (including phenoxy) is 2. The first-order valence-electron chi connectivity index (χ1n) is 9.04. The second-order valence-corrected chi connectivity index (χ2v) is 6.33. The van der Waals surface area contributed by atoms with E-state index in [1.165, 1.54) is 18.0 Å². The van der Waals surface area contributed by atoms with Gasteiger partial charge in [-0.2, -0.15) is 0 Å². The number of anilines is 1. The third-order valence-electron chi connectivity index (χ3n) is 4.34. The van der Waals surface area contributed by atoms with Gasteiger partial charge in [0.05, 0.1) is 5.56 Å². The van der Waals surface area contributed by atoms with Crippen LogP contribution in [-0.2, 0) is 13.0 Å². The van der Waals surface area contributed by atoms with Crippen molar-refractivity contribution in [2.45, 2.75) is 13.0 Å². The lowest BCUT2D eigenvalue weighted by Crippen LogP contribution is -2.26. The third-order valence-corrected chi connectivity index (χ3v) is 4.34. The van der Waals surface area contributed by atoms with Gasteiger partial charge in [-0.3, -0.25) is 4.79 Å². The molecule has 2 heterocycles. The zero-order valence-corrected chi connectivity index (χ0v) is 15.2. The lowest BCUT2D eigenvalue weighted by atomic mass is 10.1. The first-order valence-corrected chi connectivity index (χ1v) is 9.04. The maximum atomic E-state index is 12.2. The van der Waals surface area contributed by atoms with Gasteiger partial charge in [-0.1, -0.05) is 36.4 Å². The van der Waals surface area contributed by atoms with Gasteiger partial charge < -0.3 is 20.1 Å². The highest BCUT2D eigenvalue weighted by Crippen LogP contribution is 2.32. The van der Waals surface area contributed by atoms with Crippen LogP contribution in [0, 0.1) is 0 Å². The molecule has 1 aliphatic rings. The summed E-state index contributed by atoms with van der Waals surface area (Å²) in [7, 11) is 0. The minimum atomic E-state index is -0.182. The summed E-state index contributed by atoms with van der Waals surface area (Å²) in [6.07, 6.45) is 3.82. The van der Waals surface area contributed by atoms with E-state index in [1.54, 1.807) is 0 Å². The lowest BCUT2D eigenvalue weighted by molar-refractivity contribution is 0.0953. The van der Waals surface area contributed by atoms with Crippen molar-refractivity contribution in [3.63, 3.8) is 0 Å². The highest BCUT2D eigenvalue weighted by atomic mass is 16.7. The van der Waals surface area contributed by atoms with Crippen molar-refractivity contribution in [3.05, 3.63) is 77.6 Å². The van der Waals surface area contributed by atoms with E-state index in [0.717, 1.165) is 23.5 Å². The van der Waals surface area contributed by atoms with Crippen molar-refractivity contribution >= 4 is 11.9 Å². The fourth-order valence-corrected chi connectivity index (χ4v) is 2.84. The molecule has 0 saturated carbocycles. The predicted octanol–water partition coefficient (Wildman–Crippen LogP) is 2.79. The van der Waals surface area contributed by atoms with Gasteiger partial charge in [-0.15, -0.1) is 0 Å². The number of hydrogen-bond donors (Lipinski definition) is 2. The Morgan fingerprint density at radius 2 is 1.75 bits per heavy atom. The highest BCUT2D eigenvalue weighted by Gasteiger charge is 2.13. The second-order valence-electron chi connectivity index (χ2n) is 6.33. The average molecular weight is 376 g/mol. The molecule has 28 heavy (non-hydrogen) atoms. The number of benzene rings is 2. The molecular formula is C21H20N4O3. The van der Waals surface area contributed by atoms with Crippen molar-refractivity contribution in [2.24, 2.45) is 0 Å². The Labute approximate surface area is 162 Å². The third kappa shape index (κ3) is 4.37. The van der Waals surface area contributed by atoms with E-state index < -0.39 is 0 Å². The number of nitrogens with zero attached hydrogens (tertiary/aromatic N) is 2. The monoisotopic (exact) mass is 376 g/mol. The number of nitrogens with one attached hydrogen (secondary N) is 2. The maximum absolute atomic E-state index is 12.2. The van der Waals surface area contributed by atoms with Gasteiger partial charge in [0.2, 0.25) is 12.7 Å². The number of amides is 1. The fourth-order valence-electron chi connectivity index (χ4n) is 2.84. The van der Waals surface area contributed by atoms with Gasteiger partial charge in [0.15, 0.2) is 11.5 Å². The predicted molar refractivity (Wildman–Crippen MR) is 104 cm³/mol. The van der Waals surface area contributed by atoms with Crippen LogP contribution in [0.3, 0.4) is 0 Å². The van der Waals surface area contributed by atoms with Crippen LogP contribution in [-0.4, -0.2) is 29.2 Å². The summed E-state index contributed by atoms with van der Waals surface area (Å²) in [6.45, 7) is 1.36. The van der Waals surface area contributed by atoms with Crippen LogP contribution in [0.15, 0.2) is 60.9 Å². The first-order chi connectivity index (χ1) is 13.8. The van der Waals surface area contributed by atoms with E-state index >= 15 is 0 Å². The number of carbonyl (C=O) groups excluding carboxylic acids is 1. The molecular weight excluding hydrogens is 356 g/mol. The summed E-state index contributed by atoms with van der Waals surface area (Å²) in [6, 6.07) is 15.8. The van der Waals surface area contributed by atoms with Gasteiger partial charge in [0.1, 0.15) is 0 Å². The first kappa shape index (κ1) is 17.8. The molecule has 3 aromatic rings. The zero-order valence-electron chi connectivity index (χ0n) is 15.2. The smallest absolute Gasteiger partial charge is 0.254 e. The molecule has 142 valence electrons. The molecule has 7 nitrogen and oxygen atoms in total. The van der Waals surface area contributed by atoms with E-state index in [4.69, 9.17) is 9.47 Å². The van der Waals surface area contributed by atoms with Crippen molar-refractivity contribution in [2.75, 3.05) is 18.7 Å². The Balaban J connectivity index is 1.26. The standard InChI is InChI=1S/C21H20N4O3/c26-20(22-9-8-15-4-2-1-3-5-15)17-12-24-21(25-13-17)23-11-16-6-7-18-19(10-16)28-14-27-18/h1-7,10,12-13H,8-9,11,14H2,(H,22,26)(H,23,24,25). The Morgan fingerprint density at radius 1 is 0.964 bits per heavy atom. The van der Waals surface area contributed by atoms with Crippen LogP contribution in [0.4, 0.5) is 5.95 Å². The number of aromatic nitrogens is 2. The molecule has 0 spiro atoms. The lowest BCUT2D eigenvalue weighted by Gasteiger charge is -2.07. The molecule has 1 aromatic heterocycles. The molecule has 4 rings (SSSR count). The SMILES string of the molecule is O=C(NCCc1ccccc1)c1cnc(NCc2ccc3c(c2)OCO3)nc1. The van der Waals surface area contributed by atoms with Crippen LogP contribution in [0.5, 0.6) is 11.5 Å². The Bertz CT molecular complexity index is 946. The van der Waals surface area contributed by atoms with Gasteiger partial charge in [-0.05, 0) is 29.7 Å². The molecule has 0 saturated heterocycles. The van der Waals surface area contributed by atoms with E-state index in [2.05, 4.69) is 20.6 Å². The number of hydrogen-bond acceptors (Lipinski definition) is 6. The summed E-state index contributed by atoms with van der Waals surface area (Å²) in [5.74, 6) is 1.77. The summed E-state index contributed by atoms with van der Waals surface area (Å²) >= 11 is 0. The fraction of sp³-hybridized carbons (Fsp3) is 0.190. The minimum Gasteiger partial charge on any atom is -0.454 e. The molecule has 0 bridgehead atoms. The van der Waals surface area contributed by atoms with Gasteiger partial charge in [0.25, 0.3) is 5.91 Å². The van der Waals surface area contributed by atoms with E-state index in [9.17, 15) is 4.79 Å². The van der Waals surface area contributed by atoms with Gasteiger partial charge >= 0.3 is 0 Å². The van der Waals surface area contributed by atoms with Crippen LogP contribution in [0.1, 0.15) is 21.5 Å². The van der Waals surface area contributed by atoms with Crippen molar-refractivity contribution in [1.82, 2.24) is 15.3 Å². The molecule has 0 fully saturated rings. The highest BCUT2D eigenvalue weighted by molar-refractivity contribution is 5.93. The van der Waals surface area contributed by atoms with Crippen LogP contribution >= 0.6 is 0 Å². The van der Waals surface area contributed by atoms with Crippen LogP contribution in [0.25, 0.3) is 0 Å². The molecule has 7 heteroatoms. The van der Waals surface area contributed by atoms with Crippen LogP contribution < -0.4 is 20.1 Å². The molecule has 0 atom stereocenters. The van der Waals surface area contributed by atoms with E-state index in [1.807, 2.05) is 48.5 Å². The number of fused-ring (bicyclic) bond motifs is 1. The summed E-state index contributed by atoms with van der Waals surface area (Å²) in [4.78, 5) is 20.6. The molecule has 0 aliphatic carbocycles.